The molecule has 14 heteroatoms. The molecule has 0 aliphatic carbocycles. The lowest BCUT2D eigenvalue weighted by Gasteiger charge is -2.29. The fraction of sp³-hybridized carbons (Fsp3) is 0.478. The van der Waals surface area contributed by atoms with Gasteiger partial charge in [0, 0.05) is 26.1 Å². The summed E-state index contributed by atoms with van der Waals surface area (Å²) in [5.74, 6) is 2.24. The van der Waals surface area contributed by atoms with Crippen LogP contribution >= 0.6 is 0 Å². The van der Waals surface area contributed by atoms with E-state index < -0.39 is 23.3 Å². The highest BCUT2D eigenvalue weighted by Crippen LogP contribution is 2.39. The van der Waals surface area contributed by atoms with E-state index in [1.807, 2.05) is 0 Å². The van der Waals surface area contributed by atoms with Crippen molar-refractivity contribution in [3.63, 3.8) is 0 Å². The molecule has 0 saturated heterocycles. The monoisotopic (exact) mass is 547 g/mol. The average molecular weight is 548 g/mol. The van der Waals surface area contributed by atoms with Gasteiger partial charge in [-0.25, -0.2) is 12.7 Å². The Morgan fingerprint density at radius 3 is 2.32 bits per heavy atom. The van der Waals surface area contributed by atoms with E-state index in [1.54, 1.807) is 41.8 Å². The zero-order chi connectivity index (χ0) is 27.4. The summed E-state index contributed by atoms with van der Waals surface area (Å²) < 4.78 is 47.7. The number of furan rings is 1. The van der Waals surface area contributed by atoms with E-state index >= 15 is 0 Å². The van der Waals surface area contributed by atoms with Gasteiger partial charge in [-0.1, -0.05) is 30.8 Å². The predicted octanol–water partition coefficient (Wildman–Crippen LogP) is 5.03. The van der Waals surface area contributed by atoms with Crippen molar-refractivity contribution < 1.29 is 22.3 Å². The van der Waals surface area contributed by atoms with Crippen molar-refractivity contribution in [1.82, 2.24) is 14.8 Å². The SMILES string of the molecule is COc1cccc(OC)c1-n1c(-c2ccc(C)o2)nnc1N(CC[Si](C)(C)C)S(=O)(=O)C(C)CN=[N+]=[N-]. The highest BCUT2D eigenvalue weighted by Gasteiger charge is 2.36. The molecule has 0 spiro atoms. The number of hydrogen-bond acceptors (Lipinski definition) is 8. The van der Waals surface area contributed by atoms with E-state index in [-0.39, 0.29) is 24.9 Å². The fourth-order valence-corrected chi connectivity index (χ4v) is 6.09. The van der Waals surface area contributed by atoms with Crippen LogP contribution in [0, 0.1) is 6.92 Å². The lowest BCUT2D eigenvalue weighted by molar-refractivity contribution is 0.391. The van der Waals surface area contributed by atoms with Gasteiger partial charge in [0.1, 0.15) is 22.9 Å². The number of aryl methyl sites for hydroxylation is 1. The van der Waals surface area contributed by atoms with Gasteiger partial charge in [-0.2, -0.15) is 0 Å². The van der Waals surface area contributed by atoms with Gasteiger partial charge < -0.3 is 13.9 Å². The summed E-state index contributed by atoms with van der Waals surface area (Å²) in [5, 5.41) is 11.2. The molecule has 0 bridgehead atoms. The van der Waals surface area contributed by atoms with Crippen LogP contribution in [0.3, 0.4) is 0 Å². The standard InChI is InChI=1S/C23H33N7O5SSi/c1-16-11-12-20(35-16)22-26-27-23(30(22)21-18(33-3)9-8-10-19(21)34-4)29(13-14-37(5,6)7)36(31,32)17(2)15-25-28-24/h8-12,17H,13-15H2,1-7H3. The number of benzene rings is 1. The van der Waals surface area contributed by atoms with Crippen molar-refractivity contribution in [1.29, 1.82) is 0 Å². The Kier molecular flexibility index (Phi) is 8.56. The van der Waals surface area contributed by atoms with Crippen LogP contribution < -0.4 is 13.8 Å². The summed E-state index contributed by atoms with van der Waals surface area (Å²) in [7, 11) is -2.69. The molecular weight excluding hydrogens is 514 g/mol. The molecule has 0 amide bonds. The number of azide groups is 1. The van der Waals surface area contributed by atoms with E-state index in [0.717, 1.165) is 0 Å². The van der Waals surface area contributed by atoms with Crippen LogP contribution in [0.15, 0.2) is 39.9 Å². The maximum absolute atomic E-state index is 13.9. The molecule has 0 saturated carbocycles. The molecule has 0 aliphatic heterocycles. The van der Waals surface area contributed by atoms with Crippen molar-refractivity contribution in [3.05, 3.63) is 46.5 Å². The Bertz CT molecular complexity index is 1370. The van der Waals surface area contributed by atoms with Crippen LogP contribution in [0.2, 0.25) is 25.7 Å². The Hall–Kier alpha value is -3.48. The first-order valence-corrected chi connectivity index (χ1v) is 16.9. The normalized spacial score (nSPS) is 12.6. The van der Waals surface area contributed by atoms with Gasteiger partial charge >= 0.3 is 0 Å². The summed E-state index contributed by atoms with van der Waals surface area (Å²) in [6.45, 7) is 9.73. The molecule has 0 fully saturated rings. The Labute approximate surface area is 217 Å². The number of aromatic nitrogens is 3. The molecule has 1 aromatic carbocycles. The van der Waals surface area contributed by atoms with Gasteiger partial charge in [0.15, 0.2) is 5.76 Å². The number of rotatable bonds is 12. The van der Waals surface area contributed by atoms with Crippen LogP contribution in [0.5, 0.6) is 11.5 Å². The lowest BCUT2D eigenvalue weighted by atomic mass is 10.2. The van der Waals surface area contributed by atoms with Gasteiger partial charge in [-0.15, -0.1) is 10.2 Å². The van der Waals surface area contributed by atoms with E-state index in [9.17, 15) is 8.42 Å². The van der Waals surface area contributed by atoms with Gasteiger partial charge in [0.2, 0.25) is 21.8 Å². The minimum absolute atomic E-state index is 0.0536. The molecule has 0 aliphatic rings. The van der Waals surface area contributed by atoms with E-state index in [4.69, 9.17) is 19.4 Å². The van der Waals surface area contributed by atoms with E-state index in [0.29, 0.717) is 34.8 Å². The first-order chi connectivity index (χ1) is 17.4. The zero-order valence-electron chi connectivity index (χ0n) is 22.2. The number of hydrogen-bond donors (Lipinski definition) is 0. The van der Waals surface area contributed by atoms with Crippen molar-refractivity contribution in [2.24, 2.45) is 5.11 Å². The molecule has 1 unspecified atom stereocenters. The van der Waals surface area contributed by atoms with Crippen molar-refractivity contribution in [2.75, 3.05) is 31.6 Å². The second kappa shape index (κ2) is 11.3. The highest BCUT2D eigenvalue weighted by atomic mass is 32.2. The van der Waals surface area contributed by atoms with Crippen LogP contribution in [-0.2, 0) is 10.0 Å². The number of para-hydroxylation sites is 1. The molecule has 12 nitrogen and oxygen atoms in total. The Morgan fingerprint density at radius 1 is 1.16 bits per heavy atom. The third-order valence-corrected chi connectivity index (χ3v) is 9.59. The summed E-state index contributed by atoms with van der Waals surface area (Å²) in [4.78, 5) is 2.73. The second-order valence-corrected chi connectivity index (χ2v) is 17.6. The quantitative estimate of drug-likeness (QED) is 0.134. The predicted molar refractivity (Wildman–Crippen MR) is 145 cm³/mol. The van der Waals surface area contributed by atoms with E-state index in [2.05, 4.69) is 39.9 Å². The Morgan fingerprint density at radius 2 is 1.81 bits per heavy atom. The first-order valence-electron chi connectivity index (χ1n) is 11.7. The molecule has 3 aromatic rings. The maximum atomic E-state index is 13.9. The molecule has 0 radical (unpaired) electrons. The number of nitrogens with zero attached hydrogens (tertiary/aromatic N) is 7. The molecule has 0 N–H and O–H groups in total. The number of ether oxygens (including phenoxy) is 2. The minimum Gasteiger partial charge on any atom is -0.494 e. The minimum atomic E-state index is -4.03. The lowest BCUT2D eigenvalue weighted by Crippen LogP contribution is -2.43. The summed E-state index contributed by atoms with van der Waals surface area (Å²) >= 11 is 0. The van der Waals surface area contributed by atoms with Gasteiger partial charge in [0.05, 0.1) is 19.5 Å². The van der Waals surface area contributed by atoms with Crippen LogP contribution in [0.25, 0.3) is 27.7 Å². The van der Waals surface area contributed by atoms with Crippen molar-refractivity contribution >= 4 is 24.0 Å². The van der Waals surface area contributed by atoms with Gasteiger partial charge in [-0.05, 0) is 49.7 Å². The molecule has 2 aromatic heterocycles. The molecule has 3 rings (SSSR count). The molecular formula is C23H33N7O5SSi. The second-order valence-electron chi connectivity index (χ2n) is 9.73. The smallest absolute Gasteiger partial charge is 0.246 e. The molecule has 37 heavy (non-hydrogen) atoms. The van der Waals surface area contributed by atoms with E-state index in [1.165, 1.54) is 25.4 Å². The third kappa shape index (κ3) is 6.09. The molecule has 2 heterocycles. The number of methoxy groups -OCH3 is 2. The maximum Gasteiger partial charge on any atom is 0.246 e. The molecule has 200 valence electrons. The first kappa shape index (κ1) is 28.1. The molecule has 1 atom stereocenters. The van der Waals surface area contributed by atoms with Crippen molar-refractivity contribution in [3.8, 4) is 28.8 Å². The van der Waals surface area contributed by atoms with Crippen LogP contribution in [-0.4, -0.2) is 63.8 Å². The van der Waals surface area contributed by atoms with Crippen LogP contribution in [0.1, 0.15) is 12.7 Å². The highest BCUT2D eigenvalue weighted by molar-refractivity contribution is 7.93. The number of anilines is 1. The topological polar surface area (TPSA) is 148 Å². The third-order valence-electron chi connectivity index (χ3n) is 5.74. The largest absolute Gasteiger partial charge is 0.494 e. The average Bonchev–Trinajstić information content (AvgIpc) is 3.47. The van der Waals surface area contributed by atoms with Crippen LogP contribution in [0.4, 0.5) is 5.95 Å². The Balaban J connectivity index is 2.36. The van der Waals surface area contributed by atoms with Gasteiger partial charge in [-0.3, -0.25) is 4.57 Å². The van der Waals surface area contributed by atoms with Crippen molar-refractivity contribution in [2.45, 2.75) is 44.8 Å². The summed E-state index contributed by atoms with van der Waals surface area (Å²) in [6, 6.07) is 9.44. The summed E-state index contributed by atoms with van der Waals surface area (Å²) in [5.41, 5.74) is 9.20. The fourth-order valence-electron chi connectivity index (χ4n) is 3.65. The number of sulfonamides is 1. The van der Waals surface area contributed by atoms with Gasteiger partial charge in [0.25, 0.3) is 0 Å². The summed E-state index contributed by atoms with van der Waals surface area (Å²) in [6.07, 6.45) is 0. The zero-order valence-corrected chi connectivity index (χ0v) is 24.0.